The molecular formula is C23H18O4S. The van der Waals surface area contributed by atoms with E-state index in [1.807, 2.05) is 37.3 Å². The van der Waals surface area contributed by atoms with Crippen molar-refractivity contribution in [3.8, 4) is 11.5 Å². The second kappa shape index (κ2) is 7.44. The third-order valence-electron chi connectivity index (χ3n) is 4.54. The first-order chi connectivity index (χ1) is 13.6. The number of allylic oxidation sites excluding steroid dienone is 1. The van der Waals surface area contributed by atoms with E-state index < -0.39 is 10.8 Å². The molecule has 0 bridgehead atoms. The van der Waals surface area contributed by atoms with E-state index in [1.165, 1.54) is 12.1 Å². The van der Waals surface area contributed by atoms with Crippen LogP contribution in [-0.2, 0) is 10.8 Å². The zero-order valence-corrected chi connectivity index (χ0v) is 16.0. The van der Waals surface area contributed by atoms with Gasteiger partial charge in [-0.05, 0) is 55.0 Å². The minimum atomic E-state index is -1.55. The van der Waals surface area contributed by atoms with Crippen molar-refractivity contribution in [2.24, 2.45) is 0 Å². The summed E-state index contributed by atoms with van der Waals surface area (Å²) in [4.78, 5) is 14.3. The number of ketones is 1. The minimum absolute atomic E-state index is 0.0225. The number of rotatable bonds is 5. The van der Waals surface area contributed by atoms with Gasteiger partial charge in [0, 0.05) is 16.7 Å². The van der Waals surface area contributed by atoms with Gasteiger partial charge in [-0.3, -0.25) is 4.79 Å². The first kappa shape index (κ1) is 18.2. The van der Waals surface area contributed by atoms with Crippen molar-refractivity contribution in [3.63, 3.8) is 0 Å². The van der Waals surface area contributed by atoms with Gasteiger partial charge in [0.15, 0.2) is 5.78 Å². The Morgan fingerprint density at radius 1 is 1.00 bits per heavy atom. The van der Waals surface area contributed by atoms with Crippen LogP contribution in [0.1, 0.15) is 28.4 Å². The van der Waals surface area contributed by atoms with Gasteiger partial charge in [0.25, 0.3) is 0 Å². The molecular weight excluding hydrogens is 372 g/mol. The fourth-order valence-electron chi connectivity index (χ4n) is 3.28. The van der Waals surface area contributed by atoms with Gasteiger partial charge in [0.05, 0.1) is 27.2 Å². The van der Waals surface area contributed by atoms with Crippen LogP contribution in [0.3, 0.4) is 0 Å². The molecule has 5 heteroatoms. The highest BCUT2D eigenvalue weighted by Gasteiger charge is 2.34. The molecule has 0 fully saturated rings. The lowest BCUT2D eigenvalue weighted by molar-refractivity contribution is 0.105. The van der Waals surface area contributed by atoms with E-state index in [0.717, 1.165) is 5.56 Å². The van der Waals surface area contributed by atoms with Crippen LogP contribution in [0.15, 0.2) is 77.7 Å². The van der Waals surface area contributed by atoms with Gasteiger partial charge >= 0.3 is 0 Å². The lowest BCUT2D eigenvalue weighted by Crippen LogP contribution is -2.04. The molecule has 0 saturated heterocycles. The molecule has 1 heterocycles. The summed E-state index contributed by atoms with van der Waals surface area (Å²) >= 11 is 0. The summed E-state index contributed by atoms with van der Waals surface area (Å²) in [6.07, 6.45) is 0. The van der Waals surface area contributed by atoms with Crippen molar-refractivity contribution in [1.82, 2.24) is 0 Å². The zero-order chi connectivity index (χ0) is 19.7. The molecule has 0 aromatic heterocycles. The summed E-state index contributed by atoms with van der Waals surface area (Å²) in [6.45, 7) is 2.45. The second-order valence-electron chi connectivity index (χ2n) is 6.31. The fraction of sp³-hybridized carbons (Fsp3) is 0.0870. The first-order valence-corrected chi connectivity index (χ1v) is 10.1. The van der Waals surface area contributed by atoms with Crippen molar-refractivity contribution in [3.05, 3.63) is 89.5 Å². The normalized spacial score (nSPS) is 15.4. The number of fused-ring (bicyclic) bond motifs is 1. The molecule has 3 aromatic carbocycles. The molecule has 0 spiro atoms. The van der Waals surface area contributed by atoms with E-state index >= 15 is 0 Å². The molecule has 28 heavy (non-hydrogen) atoms. The standard InChI is InChI=1S/C23H18O4S/c1-2-27-18-11-8-15(9-12-18)22(25)21-19-13-10-17(24)14-20(19)28(26)23(21)16-6-4-3-5-7-16/h3-14,24H,2H2,1H3. The number of benzene rings is 3. The van der Waals surface area contributed by atoms with Crippen LogP contribution in [0.5, 0.6) is 11.5 Å². The molecule has 4 rings (SSSR count). The van der Waals surface area contributed by atoms with Crippen molar-refractivity contribution in [2.75, 3.05) is 6.61 Å². The predicted octanol–water partition coefficient (Wildman–Crippen LogP) is 4.66. The van der Waals surface area contributed by atoms with Crippen LogP contribution < -0.4 is 4.74 Å². The van der Waals surface area contributed by atoms with Crippen molar-refractivity contribution < 1.29 is 18.8 Å². The summed E-state index contributed by atoms with van der Waals surface area (Å²) < 4.78 is 18.6. The molecule has 1 N–H and O–H groups in total. The van der Waals surface area contributed by atoms with Crippen LogP contribution >= 0.6 is 0 Å². The van der Waals surface area contributed by atoms with Crippen molar-refractivity contribution in [1.29, 1.82) is 0 Å². The Hall–Kier alpha value is -3.18. The van der Waals surface area contributed by atoms with Gasteiger partial charge in [-0.1, -0.05) is 30.3 Å². The Morgan fingerprint density at radius 3 is 2.39 bits per heavy atom. The third kappa shape index (κ3) is 3.14. The molecule has 1 aliphatic heterocycles. The number of hydrogen-bond donors (Lipinski definition) is 1. The van der Waals surface area contributed by atoms with Crippen LogP contribution in [0.4, 0.5) is 0 Å². The van der Waals surface area contributed by atoms with E-state index in [0.29, 0.717) is 38.9 Å². The average molecular weight is 390 g/mol. The maximum absolute atomic E-state index is 13.4. The smallest absolute Gasteiger partial charge is 0.194 e. The number of Topliss-reactive ketones (excluding diaryl/α,β-unsaturated/α-hetero) is 1. The first-order valence-electron chi connectivity index (χ1n) is 8.92. The Labute approximate surface area is 165 Å². The second-order valence-corrected chi connectivity index (χ2v) is 7.69. The summed E-state index contributed by atoms with van der Waals surface area (Å²) in [5, 5.41) is 9.84. The Morgan fingerprint density at radius 2 is 1.71 bits per heavy atom. The number of ether oxygens (including phenoxy) is 1. The Balaban J connectivity index is 1.87. The summed E-state index contributed by atoms with van der Waals surface area (Å²) in [7, 11) is -1.55. The van der Waals surface area contributed by atoms with Crippen molar-refractivity contribution >= 4 is 27.1 Å². The number of hydrogen-bond acceptors (Lipinski definition) is 4. The predicted molar refractivity (Wildman–Crippen MR) is 110 cm³/mol. The lowest BCUT2D eigenvalue weighted by atomic mass is 9.94. The molecule has 0 radical (unpaired) electrons. The van der Waals surface area contributed by atoms with Crippen LogP contribution in [0.25, 0.3) is 10.5 Å². The minimum Gasteiger partial charge on any atom is -0.508 e. The van der Waals surface area contributed by atoms with Crippen LogP contribution in [0.2, 0.25) is 0 Å². The highest BCUT2D eigenvalue weighted by Crippen LogP contribution is 2.44. The van der Waals surface area contributed by atoms with E-state index in [-0.39, 0.29) is 11.5 Å². The van der Waals surface area contributed by atoms with Gasteiger partial charge in [0.2, 0.25) is 0 Å². The summed E-state index contributed by atoms with van der Waals surface area (Å²) in [5.74, 6) is 0.505. The number of phenolic OH excluding ortho intramolecular Hbond substituents is 1. The van der Waals surface area contributed by atoms with Gasteiger partial charge in [-0.2, -0.15) is 0 Å². The molecule has 1 atom stereocenters. The quantitative estimate of drug-likeness (QED) is 0.644. The highest BCUT2D eigenvalue weighted by atomic mass is 32.2. The number of carbonyl (C=O) groups is 1. The SMILES string of the molecule is CCOc1ccc(C(=O)C2=C(c3ccccc3)S(=O)c3cc(O)ccc32)cc1. The fourth-order valence-corrected chi connectivity index (χ4v) is 4.83. The molecule has 3 aromatic rings. The Bertz CT molecular complexity index is 1100. The molecule has 0 aliphatic carbocycles. The Kier molecular flexibility index (Phi) is 4.84. The monoisotopic (exact) mass is 390 g/mol. The van der Waals surface area contributed by atoms with E-state index in [2.05, 4.69) is 0 Å². The van der Waals surface area contributed by atoms with Gasteiger partial charge in [-0.15, -0.1) is 0 Å². The maximum atomic E-state index is 13.4. The molecule has 1 aliphatic rings. The average Bonchev–Trinajstić information content (AvgIpc) is 3.01. The summed E-state index contributed by atoms with van der Waals surface area (Å²) in [6, 6.07) is 20.8. The van der Waals surface area contributed by atoms with Gasteiger partial charge in [-0.25, -0.2) is 4.21 Å². The zero-order valence-electron chi connectivity index (χ0n) is 15.2. The summed E-state index contributed by atoms with van der Waals surface area (Å²) in [5.41, 5.74) is 2.22. The molecule has 0 saturated carbocycles. The van der Waals surface area contributed by atoms with Crippen LogP contribution in [0, 0.1) is 0 Å². The number of aromatic hydroxyl groups is 1. The number of carbonyl (C=O) groups excluding carboxylic acids is 1. The van der Waals surface area contributed by atoms with E-state index in [9.17, 15) is 14.1 Å². The molecule has 140 valence electrons. The third-order valence-corrected chi connectivity index (χ3v) is 6.09. The number of phenols is 1. The molecule has 0 amide bonds. The maximum Gasteiger partial charge on any atom is 0.194 e. The topological polar surface area (TPSA) is 63.6 Å². The molecule has 4 nitrogen and oxygen atoms in total. The lowest BCUT2D eigenvalue weighted by Gasteiger charge is -2.08. The van der Waals surface area contributed by atoms with Crippen molar-refractivity contribution in [2.45, 2.75) is 11.8 Å². The van der Waals surface area contributed by atoms with E-state index in [1.54, 1.807) is 30.3 Å². The van der Waals surface area contributed by atoms with Gasteiger partial charge < -0.3 is 9.84 Å². The largest absolute Gasteiger partial charge is 0.508 e. The van der Waals surface area contributed by atoms with E-state index in [4.69, 9.17) is 4.74 Å². The van der Waals surface area contributed by atoms with Crippen LogP contribution in [-0.4, -0.2) is 21.7 Å². The van der Waals surface area contributed by atoms with Gasteiger partial charge in [0.1, 0.15) is 11.5 Å². The highest BCUT2D eigenvalue weighted by molar-refractivity contribution is 7.95. The molecule has 1 unspecified atom stereocenters.